The van der Waals surface area contributed by atoms with Crippen molar-refractivity contribution in [3.05, 3.63) is 57.8 Å². The Kier molecular flexibility index (Phi) is 5.78. The number of nitrogens with zero attached hydrogens (tertiary/aromatic N) is 1. The van der Waals surface area contributed by atoms with Gasteiger partial charge in [0.1, 0.15) is 15.5 Å². The van der Waals surface area contributed by atoms with Gasteiger partial charge < -0.3 is 16.4 Å². The molecule has 0 aliphatic carbocycles. The van der Waals surface area contributed by atoms with E-state index in [1.54, 1.807) is 6.07 Å². The lowest BCUT2D eigenvalue weighted by atomic mass is 9.89. The molecule has 29 heavy (non-hydrogen) atoms. The highest BCUT2D eigenvalue weighted by Gasteiger charge is 2.19. The van der Waals surface area contributed by atoms with Crippen molar-refractivity contribution in [3.63, 3.8) is 0 Å². The SMILES string of the molecule is Cc1ccc2c(N)c(C(=O)NCCc3ccc(C4CCNCC4)c(F)c3)sc2n1. The van der Waals surface area contributed by atoms with Gasteiger partial charge in [-0.3, -0.25) is 4.79 Å². The standard InChI is InChI=1S/C22H25FN4OS/c1-13-2-4-17-19(24)20(29-22(17)27-13)21(28)26-11-6-14-3-5-16(18(23)12-14)15-7-9-25-10-8-15/h2-5,12,15,25H,6-11,24H2,1H3,(H,26,28). The molecule has 0 unspecified atom stereocenters. The number of aromatic nitrogens is 1. The van der Waals surface area contributed by atoms with E-state index in [0.717, 1.165) is 53.0 Å². The van der Waals surface area contributed by atoms with Crippen LogP contribution in [0.1, 0.15) is 45.3 Å². The van der Waals surface area contributed by atoms with Gasteiger partial charge in [-0.15, -0.1) is 11.3 Å². The molecule has 0 spiro atoms. The van der Waals surface area contributed by atoms with E-state index in [9.17, 15) is 9.18 Å². The van der Waals surface area contributed by atoms with E-state index >= 15 is 0 Å². The van der Waals surface area contributed by atoms with Gasteiger partial charge in [-0.05, 0) is 74.5 Å². The number of nitrogens with one attached hydrogen (secondary N) is 2. The number of piperidine rings is 1. The third-order valence-corrected chi connectivity index (χ3v) is 6.60. The second-order valence-corrected chi connectivity index (χ2v) is 8.54. The second-order valence-electron chi connectivity index (χ2n) is 7.54. The Morgan fingerprint density at radius 2 is 2.10 bits per heavy atom. The molecule has 1 saturated heterocycles. The van der Waals surface area contributed by atoms with Gasteiger partial charge in [0.05, 0.1) is 5.69 Å². The van der Waals surface area contributed by atoms with E-state index in [1.807, 2.05) is 31.2 Å². The summed E-state index contributed by atoms with van der Waals surface area (Å²) in [6.45, 7) is 4.21. The van der Waals surface area contributed by atoms with E-state index in [1.165, 1.54) is 11.3 Å². The zero-order chi connectivity index (χ0) is 20.4. The highest BCUT2D eigenvalue weighted by Crippen LogP contribution is 2.32. The molecule has 2 aromatic heterocycles. The molecule has 0 radical (unpaired) electrons. The summed E-state index contributed by atoms with van der Waals surface area (Å²) in [6, 6.07) is 9.25. The topological polar surface area (TPSA) is 80.0 Å². The third-order valence-electron chi connectivity index (χ3n) is 5.48. The number of halogens is 1. The summed E-state index contributed by atoms with van der Waals surface area (Å²) < 4.78 is 14.6. The first-order valence-corrected chi connectivity index (χ1v) is 10.8. The molecule has 1 fully saturated rings. The van der Waals surface area contributed by atoms with Crippen LogP contribution in [0, 0.1) is 12.7 Å². The van der Waals surface area contributed by atoms with Crippen LogP contribution >= 0.6 is 11.3 Å². The Balaban J connectivity index is 1.38. The number of benzene rings is 1. The van der Waals surface area contributed by atoms with Gasteiger partial charge in [0, 0.05) is 17.6 Å². The first-order valence-electron chi connectivity index (χ1n) is 9.96. The molecule has 1 aliphatic rings. The summed E-state index contributed by atoms with van der Waals surface area (Å²) in [5, 5.41) is 7.01. The summed E-state index contributed by atoms with van der Waals surface area (Å²) in [7, 11) is 0. The molecule has 0 bridgehead atoms. The van der Waals surface area contributed by atoms with Gasteiger partial charge in [-0.1, -0.05) is 12.1 Å². The average Bonchev–Trinajstić information content (AvgIpc) is 3.04. The summed E-state index contributed by atoms with van der Waals surface area (Å²) in [5.74, 6) is -0.0657. The van der Waals surface area contributed by atoms with E-state index in [2.05, 4.69) is 15.6 Å². The maximum atomic E-state index is 14.6. The Morgan fingerprint density at radius 3 is 2.86 bits per heavy atom. The number of carbonyl (C=O) groups excluding carboxylic acids is 1. The molecule has 152 valence electrons. The smallest absolute Gasteiger partial charge is 0.263 e. The van der Waals surface area contributed by atoms with Crippen LogP contribution in [0.25, 0.3) is 10.2 Å². The Morgan fingerprint density at radius 1 is 1.31 bits per heavy atom. The Hall–Kier alpha value is -2.51. The number of pyridine rings is 1. The maximum Gasteiger partial charge on any atom is 0.263 e. The van der Waals surface area contributed by atoms with Crippen LogP contribution in [0.15, 0.2) is 30.3 Å². The van der Waals surface area contributed by atoms with Crippen molar-refractivity contribution in [2.24, 2.45) is 0 Å². The normalized spacial score (nSPS) is 15.0. The fraction of sp³-hybridized carbons (Fsp3) is 0.364. The Labute approximate surface area is 173 Å². The van der Waals surface area contributed by atoms with Crippen molar-refractivity contribution in [1.82, 2.24) is 15.6 Å². The lowest BCUT2D eigenvalue weighted by Crippen LogP contribution is -2.27. The zero-order valence-corrected chi connectivity index (χ0v) is 17.2. The molecule has 4 N–H and O–H groups in total. The van der Waals surface area contributed by atoms with E-state index < -0.39 is 0 Å². The highest BCUT2D eigenvalue weighted by molar-refractivity contribution is 7.21. The van der Waals surface area contributed by atoms with Crippen LogP contribution in [0.4, 0.5) is 10.1 Å². The van der Waals surface area contributed by atoms with Gasteiger partial charge in [0.15, 0.2) is 0 Å². The molecule has 1 aliphatic heterocycles. The van der Waals surface area contributed by atoms with E-state index in [4.69, 9.17) is 5.73 Å². The summed E-state index contributed by atoms with van der Waals surface area (Å²) in [5.41, 5.74) is 9.17. The van der Waals surface area contributed by atoms with Gasteiger partial charge in [0.25, 0.3) is 5.91 Å². The number of nitrogens with two attached hydrogens (primary N) is 1. The third kappa shape index (κ3) is 4.26. The van der Waals surface area contributed by atoms with Crippen molar-refractivity contribution >= 4 is 33.1 Å². The monoisotopic (exact) mass is 412 g/mol. The number of nitrogen functional groups attached to an aromatic ring is 1. The van der Waals surface area contributed by atoms with Crippen LogP contribution in [0.3, 0.4) is 0 Å². The zero-order valence-electron chi connectivity index (χ0n) is 16.4. The number of amides is 1. The van der Waals surface area contributed by atoms with Crippen molar-refractivity contribution in [2.45, 2.75) is 32.1 Å². The number of hydrogen-bond donors (Lipinski definition) is 3. The van der Waals surface area contributed by atoms with Crippen LogP contribution in [-0.2, 0) is 6.42 Å². The van der Waals surface area contributed by atoms with Gasteiger partial charge in [-0.25, -0.2) is 9.37 Å². The number of hydrogen-bond acceptors (Lipinski definition) is 5. The quantitative estimate of drug-likeness (QED) is 0.596. The highest BCUT2D eigenvalue weighted by atomic mass is 32.1. The number of fused-ring (bicyclic) bond motifs is 1. The molecule has 3 aromatic rings. The van der Waals surface area contributed by atoms with Crippen LogP contribution < -0.4 is 16.4 Å². The number of carbonyl (C=O) groups is 1. The number of thiophene rings is 1. The van der Waals surface area contributed by atoms with Crippen molar-refractivity contribution in [1.29, 1.82) is 0 Å². The molecule has 4 rings (SSSR count). The minimum Gasteiger partial charge on any atom is -0.397 e. The van der Waals surface area contributed by atoms with Crippen molar-refractivity contribution < 1.29 is 9.18 Å². The minimum atomic E-state index is -0.213. The van der Waals surface area contributed by atoms with Crippen LogP contribution in [0.5, 0.6) is 0 Å². The second kappa shape index (κ2) is 8.47. The number of rotatable bonds is 5. The fourth-order valence-corrected chi connectivity index (χ4v) is 4.90. The predicted octanol–water partition coefficient (Wildman–Crippen LogP) is 3.77. The molecular formula is C22H25FN4OS. The summed E-state index contributed by atoms with van der Waals surface area (Å²) in [4.78, 5) is 18.2. The predicted molar refractivity (Wildman–Crippen MR) is 116 cm³/mol. The van der Waals surface area contributed by atoms with E-state index in [-0.39, 0.29) is 17.6 Å². The molecular weight excluding hydrogens is 387 g/mol. The average molecular weight is 413 g/mol. The largest absolute Gasteiger partial charge is 0.397 e. The van der Waals surface area contributed by atoms with Crippen molar-refractivity contribution in [2.75, 3.05) is 25.4 Å². The van der Waals surface area contributed by atoms with Crippen LogP contribution in [0.2, 0.25) is 0 Å². The summed E-state index contributed by atoms with van der Waals surface area (Å²) >= 11 is 1.30. The van der Waals surface area contributed by atoms with Gasteiger partial charge in [-0.2, -0.15) is 0 Å². The van der Waals surface area contributed by atoms with Gasteiger partial charge in [0.2, 0.25) is 0 Å². The number of anilines is 1. The molecule has 1 amide bonds. The molecule has 3 heterocycles. The lowest BCUT2D eigenvalue weighted by molar-refractivity contribution is 0.0959. The lowest BCUT2D eigenvalue weighted by Gasteiger charge is -2.23. The van der Waals surface area contributed by atoms with Crippen LogP contribution in [-0.4, -0.2) is 30.5 Å². The van der Waals surface area contributed by atoms with Crippen molar-refractivity contribution in [3.8, 4) is 0 Å². The molecule has 0 saturated carbocycles. The first-order chi connectivity index (χ1) is 14.0. The molecule has 1 aromatic carbocycles. The molecule has 7 heteroatoms. The van der Waals surface area contributed by atoms with Gasteiger partial charge >= 0.3 is 0 Å². The first kappa shape index (κ1) is 19.8. The number of aryl methyl sites for hydroxylation is 1. The Bertz CT molecular complexity index is 1040. The summed E-state index contributed by atoms with van der Waals surface area (Å²) in [6.07, 6.45) is 2.51. The minimum absolute atomic E-state index is 0.143. The molecule has 0 atom stereocenters. The van der Waals surface area contributed by atoms with E-state index in [0.29, 0.717) is 23.5 Å². The maximum absolute atomic E-state index is 14.6. The fourth-order valence-electron chi connectivity index (χ4n) is 3.85. The molecule has 5 nitrogen and oxygen atoms in total.